The van der Waals surface area contributed by atoms with E-state index in [-0.39, 0.29) is 35.7 Å². The van der Waals surface area contributed by atoms with Crippen LogP contribution in [0.5, 0.6) is 5.75 Å². The third-order valence-corrected chi connectivity index (χ3v) is 8.02. The molecule has 4 unspecified atom stereocenters. The van der Waals surface area contributed by atoms with Gasteiger partial charge in [0.25, 0.3) is 0 Å². The molecule has 1 saturated heterocycles. The highest BCUT2D eigenvalue weighted by Gasteiger charge is 2.57. The van der Waals surface area contributed by atoms with Crippen LogP contribution in [0.4, 0.5) is 4.79 Å². The first kappa shape index (κ1) is 22.2. The molecule has 4 amide bonds. The molecular weight excluding hydrogens is 460 g/mol. The third-order valence-electron chi connectivity index (χ3n) is 8.02. The highest BCUT2D eigenvalue weighted by atomic mass is 16.3. The minimum Gasteiger partial charge on any atom is -0.508 e. The molecule has 0 saturated carbocycles. The fourth-order valence-corrected chi connectivity index (χ4v) is 6.52. The molecule has 8 nitrogen and oxygen atoms in total. The Hall–Kier alpha value is -4.33. The molecule has 180 valence electrons. The Kier molecular flexibility index (Phi) is 4.67. The lowest BCUT2D eigenvalue weighted by atomic mass is 9.59. The third kappa shape index (κ3) is 2.84. The van der Waals surface area contributed by atoms with Crippen LogP contribution in [0.1, 0.15) is 31.2 Å². The van der Waals surface area contributed by atoms with E-state index in [2.05, 4.69) is 0 Å². The van der Waals surface area contributed by atoms with Crippen LogP contribution >= 0.6 is 0 Å². The van der Waals surface area contributed by atoms with E-state index in [4.69, 9.17) is 5.73 Å². The molecule has 1 heterocycles. The van der Waals surface area contributed by atoms with Gasteiger partial charge in [-0.1, -0.05) is 42.0 Å². The van der Waals surface area contributed by atoms with E-state index in [9.17, 15) is 29.1 Å². The smallest absolute Gasteiger partial charge is 0.328 e. The number of phenolic OH excluding ortho intramolecular Hbond substituents is 1. The number of ketones is 2. The molecular formula is C28H22N2O6. The number of primary amides is 1. The molecule has 0 bridgehead atoms. The van der Waals surface area contributed by atoms with Crippen LogP contribution in [-0.2, 0) is 19.2 Å². The minimum absolute atomic E-state index is 0.0339. The van der Waals surface area contributed by atoms with Gasteiger partial charge in [-0.05, 0) is 48.6 Å². The Balaban J connectivity index is 1.62. The van der Waals surface area contributed by atoms with E-state index in [0.29, 0.717) is 27.2 Å². The fraction of sp³-hybridized carbons (Fsp3) is 0.250. The summed E-state index contributed by atoms with van der Waals surface area (Å²) in [6, 6.07) is 9.64. The maximum atomic E-state index is 13.4. The number of urea groups is 1. The zero-order chi connectivity index (χ0) is 25.5. The van der Waals surface area contributed by atoms with Crippen molar-refractivity contribution in [2.24, 2.45) is 23.5 Å². The molecule has 0 spiro atoms. The zero-order valence-electron chi connectivity index (χ0n) is 19.4. The summed E-state index contributed by atoms with van der Waals surface area (Å²) in [5, 5.41) is 12.7. The summed E-state index contributed by atoms with van der Waals surface area (Å²) in [5.41, 5.74) is 7.40. The molecule has 0 aromatic heterocycles. The van der Waals surface area contributed by atoms with Gasteiger partial charge in [-0.25, -0.2) is 4.79 Å². The topological polar surface area (TPSA) is 135 Å². The molecule has 0 radical (unpaired) electrons. The van der Waals surface area contributed by atoms with Gasteiger partial charge in [-0.15, -0.1) is 0 Å². The van der Waals surface area contributed by atoms with Gasteiger partial charge in [0, 0.05) is 28.2 Å². The van der Waals surface area contributed by atoms with Crippen molar-refractivity contribution in [2.45, 2.75) is 25.7 Å². The van der Waals surface area contributed by atoms with Crippen molar-refractivity contribution < 1.29 is 29.1 Å². The summed E-state index contributed by atoms with van der Waals surface area (Å²) < 4.78 is 0. The number of imide groups is 3. The van der Waals surface area contributed by atoms with Gasteiger partial charge in [0.1, 0.15) is 5.75 Å². The maximum Gasteiger partial charge on any atom is 0.328 e. The number of allylic oxidation sites excluding steroid dienone is 6. The van der Waals surface area contributed by atoms with Crippen LogP contribution in [-0.4, -0.2) is 39.4 Å². The summed E-state index contributed by atoms with van der Waals surface area (Å²) in [4.78, 5) is 65.3. The Labute approximate surface area is 205 Å². The fourth-order valence-electron chi connectivity index (χ4n) is 6.52. The number of nitrogens with two attached hydrogens (primary N) is 1. The standard InChI is InChI=1S/C28H22N2O6/c1-12-10-20(32)23-18(25(12)33)11-17-15(7-8-16-21(17)27(35)30(26(16)34)28(29)36)24(23)22-14-5-3-2-4-13(14)6-9-19(22)31/h2-7,9-10,16-17,21,24,31H,8,11H2,1H3,(H2,29,36). The molecule has 1 aliphatic heterocycles. The van der Waals surface area contributed by atoms with Crippen molar-refractivity contribution in [3.05, 3.63) is 76.4 Å². The maximum absolute atomic E-state index is 13.4. The van der Waals surface area contributed by atoms with Gasteiger partial charge >= 0.3 is 6.03 Å². The van der Waals surface area contributed by atoms with Gasteiger partial charge in [-0.2, -0.15) is 4.90 Å². The lowest BCUT2D eigenvalue weighted by Gasteiger charge is -2.42. The number of nitrogens with zero attached hydrogens (tertiary/aromatic N) is 1. The van der Waals surface area contributed by atoms with Crippen LogP contribution in [0.15, 0.2) is 70.8 Å². The minimum atomic E-state index is -1.12. The Morgan fingerprint density at radius 1 is 1.03 bits per heavy atom. The number of aromatic hydroxyl groups is 1. The normalized spacial score (nSPS) is 27.5. The molecule has 3 aliphatic carbocycles. The number of amides is 4. The second-order valence-corrected chi connectivity index (χ2v) is 9.80. The first-order chi connectivity index (χ1) is 17.2. The van der Waals surface area contributed by atoms with Crippen molar-refractivity contribution in [1.82, 2.24) is 4.90 Å². The largest absolute Gasteiger partial charge is 0.508 e. The number of Topliss-reactive ketones (excluding diaryl/α,β-unsaturated/α-hetero) is 1. The molecule has 6 rings (SSSR count). The predicted molar refractivity (Wildman–Crippen MR) is 128 cm³/mol. The van der Waals surface area contributed by atoms with E-state index in [0.717, 1.165) is 10.8 Å². The SMILES string of the molecule is CC1=CC(=O)C2=C(CC3C(=CCC4C(=O)N(C(N)=O)C(=O)C43)C2c2c(O)ccc3ccccc23)C1=O. The van der Waals surface area contributed by atoms with Crippen LogP contribution in [0.3, 0.4) is 0 Å². The zero-order valence-corrected chi connectivity index (χ0v) is 19.4. The van der Waals surface area contributed by atoms with Crippen molar-refractivity contribution in [3.63, 3.8) is 0 Å². The number of likely N-dealkylation sites (tertiary alicyclic amines) is 1. The van der Waals surface area contributed by atoms with Crippen molar-refractivity contribution in [3.8, 4) is 5.75 Å². The number of phenols is 1. The first-order valence-corrected chi connectivity index (χ1v) is 11.8. The highest BCUT2D eigenvalue weighted by molar-refractivity contribution is 6.24. The molecule has 8 heteroatoms. The van der Waals surface area contributed by atoms with Gasteiger partial charge in [-0.3, -0.25) is 19.2 Å². The second-order valence-electron chi connectivity index (χ2n) is 9.80. The van der Waals surface area contributed by atoms with Gasteiger partial charge in [0.05, 0.1) is 11.8 Å². The summed E-state index contributed by atoms with van der Waals surface area (Å²) >= 11 is 0. The molecule has 3 N–H and O–H groups in total. The van der Waals surface area contributed by atoms with E-state index < -0.39 is 41.5 Å². The van der Waals surface area contributed by atoms with Crippen molar-refractivity contribution in [2.75, 3.05) is 0 Å². The van der Waals surface area contributed by atoms with Gasteiger partial charge in [0.15, 0.2) is 11.6 Å². The molecule has 1 fully saturated rings. The number of hydrogen-bond donors (Lipinski definition) is 2. The molecule has 4 aliphatic rings. The second kappa shape index (κ2) is 7.58. The average molecular weight is 482 g/mol. The summed E-state index contributed by atoms with van der Waals surface area (Å²) in [6.45, 7) is 1.57. The summed E-state index contributed by atoms with van der Waals surface area (Å²) in [5.74, 6) is -4.99. The van der Waals surface area contributed by atoms with Crippen LogP contribution in [0.25, 0.3) is 10.8 Å². The monoisotopic (exact) mass is 482 g/mol. The Morgan fingerprint density at radius 3 is 2.53 bits per heavy atom. The Bertz CT molecular complexity index is 1540. The molecule has 36 heavy (non-hydrogen) atoms. The number of carbonyl (C=O) groups excluding carboxylic acids is 5. The molecule has 4 atom stereocenters. The number of benzene rings is 2. The van der Waals surface area contributed by atoms with Gasteiger partial charge in [0.2, 0.25) is 11.8 Å². The van der Waals surface area contributed by atoms with E-state index in [1.54, 1.807) is 19.1 Å². The number of hydrogen-bond acceptors (Lipinski definition) is 6. The van der Waals surface area contributed by atoms with Crippen LogP contribution < -0.4 is 5.73 Å². The number of fused-ring (bicyclic) bond motifs is 4. The quantitative estimate of drug-likeness (QED) is 0.364. The predicted octanol–water partition coefficient (Wildman–Crippen LogP) is 3.05. The lowest BCUT2D eigenvalue weighted by Crippen LogP contribution is -2.42. The van der Waals surface area contributed by atoms with Crippen LogP contribution in [0.2, 0.25) is 0 Å². The molecule has 2 aromatic rings. The number of carbonyl (C=O) groups is 5. The lowest BCUT2D eigenvalue weighted by molar-refractivity contribution is -0.136. The van der Waals surface area contributed by atoms with Crippen molar-refractivity contribution in [1.29, 1.82) is 0 Å². The Morgan fingerprint density at radius 2 is 1.78 bits per heavy atom. The van der Waals surface area contributed by atoms with E-state index >= 15 is 0 Å². The van der Waals surface area contributed by atoms with Crippen LogP contribution in [0, 0.1) is 17.8 Å². The first-order valence-electron chi connectivity index (χ1n) is 11.8. The number of rotatable bonds is 1. The summed E-state index contributed by atoms with van der Waals surface area (Å²) in [7, 11) is 0. The van der Waals surface area contributed by atoms with Gasteiger partial charge < -0.3 is 10.8 Å². The van der Waals surface area contributed by atoms with E-state index in [1.807, 2.05) is 30.3 Å². The van der Waals surface area contributed by atoms with Crippen molar-refractivity contribution >= 4 is 40.2 Å². The molecule has 2 aromatic carbocycles. The highest BCUT2D eigenvalue weighted by Crippen LogP contribution is 2.56. The van der Waals surface area contributed by atoms with E-state index in [1.165, 1.54) is 6.08 Å². The summed E-state index contributed by atoms with van der Waals surface area (Å²) in [6.07, 6.45) is 3.43. The average Bonchev–Trinajstić information content (AvgIpc) is 3.11.